The van der Waals surface area contributed by atoms with Crippen molar-refractivity contribution in [1.82, 2.24) is 14.3 Å². The minimum atomic E-state index is -0.269. The lowest BCUT2D eigenvalue weighted by Crippen LogP contribution is -2.27. The molecule has 0 aliphatic carbocycles. The van der Waals surface area contributed by atoms with Crippen molar-refractivity contribution in [2.75, 3.05) is 25.6 Å². The molecule has 10 heteroatoms. The van der Waals surface area contributed by atoms with Crippen LogP contribution in [-0.4, -0.2) is 44.8 Å². The lowest BCUT2D eigenvalue weighted by atomic mass is 10.2. The standard InChI is InChI=1S/C24H23ClN4O3S2/c1-15-8-9-20-27-21(26-10-5-11-32-2)17(22(30)28(20)13-15)12-19-23(31)29(24(33)34-19)14-16-6-3-4-7-18(16)25/h3-4,6-9,12-13,26H,5,10-11,14H2,1-2H3. The highest BCUT2D eigenvalue weighted by Crippen LogP contribution is 2.34. The number of aromatic nitrogens is 2. The Morgan fingerprint density at radius 3 is 2.79 bits per heavy atom. The van der Waals surface area contributed by atoms with Crippen LogP contribution in [0.3, 0.4) is 0 Å². The second kappa shape index (κ2) is 10.7. The van der Waals surface area contributed by atoms with Crippen molar-refractivity contribution in [2.45, 2.75) is 19.9 Å². The van der Waals surface area contributed by atoms with Crippen LogP contribution in [0.1, 0.15) is 23.1 Å². The molecule has 3 heterocycles. The number of ether oxygens (including phenoxy) is 1. The third-order valence-electron chi connectivity index (χ3n) is 5.26. The second-order valence-electron chi connectivity index (χ2n) is 7.75. The first kappa shape index (κ1) is 24.4. The fourth-order valence-electron chi connectivity index (χ4n) is 3.51. The zero-order chi connectivity index (χ0) is 24.2. The molecule has 0 saturated carbocycles. The molecule has 34 heavy (non-hydrogen) atoms. The molecule has 1 saturated heterocycles. The predicted molar refractivity (Wildman–Crippen MR) is 141 cm³/mol. The molecule has 7 nitrogen and oxygen atoms in total. The number of hydrogen-bond donors (Lipinski definition) is 1. The Bertz CT molecular complexity index is 1360. The maximum Gasteiger partial charge on any atom is 0.267 e. The lowest BCUT2D eigenvalue weighted by molar-refractivity contribution is -0.122. The van der Waals surface area contributed by atoms with Gasteiger partial charge in [0.25, 0.3) is 11.5 Å². The molecule has 2 aromatic heterocycles. The average molecular weight is 515 g/mol. The topological polar surface area (TPSA) is 75.9 Å². The summed E-state index contributed by atoms with van der Waals surface area (Å²) in [6.45, 7) is 3.31. The summed E-state index contributed by atoms with van der Waals surface area (Å²) in [5.41, 5.74) is 2.28. The van der Waals surface area contributed by atoms with Gasteiger partial charge < -0.3 is 10.1 Å². The first-order chi connectivity index (χ1) is 16.4. The van der Waals surface area contributed by atoms with Gasteiger partial charge in [-0.2, -0.15) is 0 Å². The van der Waals surface area contributed by atoms with Crippen LogP contribution in [0.15, 0.2) is 52.3 Å². The number of pyridine rings is 1. The van der Waals surface area contributed by atoms with E-state index in [0.29, 0.717) is 44.4 Å². The van der Waals surface area contributed by atoms with Gasteiger partial charge in [0.15, 0.2) is 0 Å². The quantitative estimate of drug-likeness (QED) is 0.269. The first-order valence-electron chi connectivity index (χ1n) is 10.6. The highest BCUT2D eigenvalue weighted by molar-refractivity contribution is 8.26. The predicted octanol–water partition coefficient (Wildman–Crippen LogP) is 4.51. The van der Waals surface area contributed by atoms with Crippen molar-refractivity contribution < 1.29 is 9.53 Å². The molecule has 0 radical (unpaired) electrons. The molecule has 0 unspecified atom stereocenters. The summed E-state index contributed by atoms with van der Waals surface area (Å²) < 4.78 is 7.01. The highest BCUT2D eigenvalue weighted by Gasteiger charge is 2.33. The monoisotopic (exact) mass is 514 g/mol. The number of anilines is 1. The summed E-state index contributed by atoms with van der Waals surface area (Å²) in [5, 5.41) is 3.79. The number of amides is 1. The van der Waals surface area contributed by atoms with E-state index in [2.05, 4.69) is 10.3 Å². The van der Waals surface area contributed by atoms with E-state index in [9.17, 15) is 9.59 Å². The number of rotatable bonds is 8. The highest BCUT2D eigenvalue weighted by atomic mass is 35.5. The van der Waals surface area contributed by atoms with Crippen molar-refractivity contribution in [3.05, 3.63) is 79.6 Å². The lowest BCUT2D eigenvalue weighted by Gasteiger charge is -2.15. The number of carbonyl (C=O) groups is 1. The van der Waals surface area contributed by atoms with Crippen LogP contribution in [0, 0.1) is 6.92 Å². The molecule has 176 valence electrons. The summed E-state index contributed by atoms with van der Waals surface area (Å²) in [7, 11) is 1.64. The van der Waals surface area contributed by atoms with Crippen molar-refractivity contribution in [1.29, 1.82) is 0 Å². The Kier molecular flexibility index (Phi) is 7.67. The van der Waals surface area contributed by atoms with Gasteiger partial charge in [0.2, 0.25) is 0 Å². The number of thioether (sulfide) groups is 1. The van der Waals surface area contributed by atoms with E-state index in [1.807, 2.05) is 31.2 Å². The number of hydrogen-bond acceptors (Lipinski definition) is 7. The number of nitrogens with zero attached hydrogens (tertiary/aromatic N) is 3. The Morgan fingerprint density at radius 1 is 1.24 bits per heavy atom. The minimum Gasteiger partial charge on any atom is -0.385 e. The fraction of sp³-hybridized carbons (Fsp3) is 0.250. The maximum absolute atomic E-state index is 13.4. The van der Waals surface area contributed by atoms with E-state index in [-0.39, 0.29) is 18.0 Å². The molecule has 1 amide bonds. The molecule has 4 rings (SSSR count). The third-order valence-corrected chi connectivity index (χ3v) is 7.01. The Hall–Kier alpha value is -2.72. The molecule has 1 fully saturated rings. The molecule has 3 aromatic rings. The first-order valence-corrected chi connectivity index (χ1v) is 12.2. The van der Waals surface area contributed by atoms with E-state index in [1.165, 1.54) is 9.30 Å². The van der Waals surface area contributed by atoms with Crippen LogP contribution in [0.2, 0.25) is 5.02 Å². The zero-order valence-electron chi connectivity index (χ0n) is 18.7. The Balaban J connectivity index is 1.71. The molecule has 0 bridgehead atoms. The maximum atomic E-state index is 13.4. The summed E-state index contributed by atoms with van der Waals surface area (Å²) in [6, 6.07) is 11.0. The van der Waals surface area contributed by atoms with Gasteiger partial charge in [0.05, 0.1) is 17.0 Å². The third kappa shape index (κ3) is 5.17. The molecular weight excluding hydrogens is 492 g/mol. The molecule has 0 spiro atoms. The van der Waals surface area contributed by atoms with E-state index in [4.69, 9.17) is 28.6 Å². The number of nitrogens with one attached hydrogen (secondary N) is 1. The van der Waals surface area contributed by atoms with Crippen LogP contribution in [0.25, 0.3) is 11.7 Å². The Labute approximate surface area is 211 Å². The van der Waals surface area contributed by atoms with E-state index in [1.54, 1.807) is 31.5 Å². The smallest absolute Gasteiger partial charge is 0.267 e. The van der Waals surface area contributed by atoms with E-state index >= 15 is 0 Å². The molecular formula is C24H23ClN4O3S2. The van der Waals surface area contributed by atoms with Crippen molar-refractivity contribution in [3.8, 4) is 0 Å². The molecule has 1 aromatic carbocycles. The number of halogens is 1. The van der Waals surface area contributed by atoms with Gasteiger partial charge in [-0.3, -0.25) is 18.9 Å². The summed E-state index contributed by atoms with van der Waals surface area (Å²) in [5.74, 6) is 0.148. The summed E-state index contributed by atoms with van der Waals surface area (Å²) >= 11 is 12.9. The van der Waals surface area contributed by atoms with Gasteiger partial charge in [-0.1, -0.05) is 59.8 Å². The van der Waals surface area contributed by atoms with Gasteiger partial charge in [0.1, 0.15) is 15.8 Å². The van der Waals surface area contributed by atoms with Crippen LogP contribution >= 0.6 is 35.6 Å². The number of aryl methyl sites for hydroxylation is 1. The van der Waals surface area contributed by atoms with Crippen molar-refractivity contribution in [2.24, 2.45) is 0 Å². The fourth-order valence-corrected chi connectivity index (χ4v) is 4.94. The molecule has 1 aliphatic rings. The molecule has 1 aliphatic heterocycles. The minimum absolute atomic E-state index is 0.262. The largest absolute Gasteiger partial charge is 0.385 e. The number of fused-ring (bicyclic) bond motifs is 1. The molecule has 1 N–H and O–H groups in total. The zero-order valence-corrected chi connectivity index (χ0v) is 21.1. The Morgan fingerprint density at radius 2 is 2.03 bits per heavy atom. The van der Waals surface area contributed by atoms with E-state index < -0.39 is 0 Å². The van der Waals surface area contributed by atoms with Crippen molar-refractivity contribution in [3.63, 3.8) is 0 Å². The van der Waals surface area contributed by atoms with Gasteiger partial charge in [0, 0.05) is 31.5 Å². The number of methoxy groups -OCH3 is 1. The van der Waals surface area contributed by atoms with Crippen LogP contribution in [-0.2, 0) is 16.1 Å². The average Bonchev–Trinajstić information content (AvgIpc) is 3.08. The van der Waals surface area contributed by atoms with Gasteiger partial charge >= 0.3 is 0 Å². The number of benzene rings is 1. The number of carbonyl (C=O) groups excluding carboxylic acids is 1. The number of thiocarbonyl (C=S) groups is 1. The van der Waals surface area contributed by atoms with Crippen molar-refractivity contribution >= 4 is 63.3 Å². The van der Waals surface area contributed by atoms with Crippen LogP contribution in [0.5, 0.6) is 0 Å². The van der Waals surface area contributed by atoms with Gasteiger partial charge in [-0.15, -0.1) is 0 Å². The summed E-state index contributed by atoms with van der Waals surface area (Å²) in [6.07, 6.45) is 4.05. The van der Waals surface area contributed by atoms with Gasteiger partial charge in [-0.25, -0.2) is 4.98 Å². The summed E-state index contributed by atoms with van der Waals surface area (Å²) in [4.78, 5) is 33.1. The van der Waals surface area contributed by atoms with E-state index in [0.717, 1.165) is 29.3 Å². The molecule has 0 atom stereocenters. The normalized spacial score (nSPS) is 15.0. The van der Waals surface area contributed by atoms with Gasteiger partial charge in [-0.05, 0) is 42.7 Å². The van der Waals surface area contributed by atoms with Crippen LogP contribution in [0.4, 0.5) is 5.82 Å². The SMILES string of the molecule is COCCCNc1nc2ccc(C)cn2c(=O)c1C=C1SC(=S)N(Cc2ccccc2Cl)C1=O. The van der Waals surface area contributed by atoms with Crippen LogP contribution < -0.4 is 10.9 Å². The second-order valence-corrected chi connectivity index (χ2v) is 9.83.